The Morgan fingerprint density at radius 3 is 2.20 bits per heavy atom. The number of hydrogen-bond donors (Lipinski definition) is 2. The number of nitrogen functional groups attached to an aromatic ring is 1. The van der Waals surface area contributed by atoms with Crippen molar-refractivity contribution in [2.24, 2.45) is 5.92 Å². The number of nitrogens with one attached hydrogen (secondary N) is 1. The maximum Gasteiger partial charge on any atom is 0.223 e. The first kappa shape index (κ1) is 11.6. The topological polar surface area (TPSA) is 55.1 Å². The molecule has 0 saturated heterocycles. The maximum absolute atomic E-state index is 11.5. The lowest BCUT2D eigenvalue weighted by atomic mass is 10.1. The summed E-state index contributed by atoms with van der Waals surface area (Å²) in [5, 5.41) is 2.94. The molecule has 0 fully saturated rings. The summed E-state index contributed by atoms with van der Waals surface area (Å²) in [6.45, 7) is 5.72. The van der Waals surface area contributed by atoms with Crippen LogP contribution in [0.1, 0.15) is 32.4 Å². The minimum Gasteiger partial charge on any atom is -0.399 e. The van der Waals surface area contributed by atoms with E-state index in [-0.39, 0.29) is 17.9 Å². The van der Waals surface area contributed by atoms with Gasteiger partial charge in [0.1, 0.15) is 0 Å². The average Bonchev–Trinajstić information content (AvgIpc) is 2.18. The van der Waals surface area contributed by atoms with E-state index in [1.807, 2.05) is 45.0 Å². The van der Waals surface area contributed by atoms with Gasteiger partial charge in [-0.2, -0.15) is 0 Å². The first-order valence-electron chi connectivity index (χ1n) is 5.16. The fourth-order valence-corrected chi connectivity index (χ4v) is 1.25. The van der Waals surface area contributed by atoms with Gasteiger partial charge in [0.25, 0.3) is 0 Å². The standard InChI is InChI=1S/C12H18N2O/c1-8(2)12(15)14-9(3)10-4-6-11(13)7-5-10/h4-9H,13H2,1-3H3,(H,14,15). The first-order chi connectivity index (χ1) is 7.00. The van der Waals surface area contributed by atoms with E-state index in [0.29, 0.717) is 0 Å². The molecule has 82 valence electrons. The number of benzene rings is 1. The highest BCUT2D eigenvalue weighted by molar-refractivity contribution is 5.78. The normalized spacial score (nSPS) is 12.5. The van der Waals surface area contributed by atoms with Crippen molar-refractivity contribution in [3.05, 3.63) is 29.8 Å². The zero-order valence-electron chi connectivity index (χ0n) is 9.45. The summed E-state index contributed by atoms with van der Waals surface area (Å²) in [7, 11) is 0. The smallest absolute Gasteiger partial charge is 0.223 e. The van der Waals surface area contributed by atoms with Gasteiger partial charge in [-0.1, -0.05) is 26.0 Å². The molecule has 15 heavy (non-hydrogen) atoms. The minimum absolute atomic E-state index is 0.0150. The van der Waals surface area contributed by atoms with Crippen molar-refractivity contribution in [2.75, 3.05) is 5.73 Å². The molecule has 0 aliphatic rings. The predicted octanol–water partition coefficient (Wildman–Crippen LogP) is 2.10. The van der Waals surface area contributed by atoms with Crippen LogP contribution in [0.3, 0.4) is 0 Å². The third kappa shape index (κ3) is 3.27. The second kappa shape index (κ2) is 4.82. The highest BCUT2D eigenvalue weighted by Gasteiger charge is 2.11. The molecule has 1 aromatic carbocycles. The molecule has 0 spiro atoms. The fraction of sp³-hybridized carbons (Fsp3) is 0.417. The molecular weight excluding hydrogens is 188 g/mol. The van der Waals surface area contributed by atoms with Crippen LogP contribution < -0.4 is 11.1 Å². The Balaban J connectivity index is 2.65. The fourth-order valence-electron chi connectivity index (χ4n) is 1.25. The molecule has 0 bridgehead atoms. The number of amides is 1. The number of carbonyl (C=O) groups excluding carboxylic acids is 1. The van der Waals surface area contributed by atoms with Crippen LogP contribution in [0.25, 0.3) is 0 Å². The van der Waals surface area contributed by atoms with E-state index in [1.54, 1.807) is 0 Å². The van der Waals surface area contributed by atoms with Crippen molar-refractivity contribution in [1.29, 1.82) is 0 Å². The van der Waals surface area contributed by atoms with E-state index in [9.17, 15) is 4.79 Å². The van der Waals surface area contributed by atoms with Gasteiger partial charge in [-0.3, -0.25) is 4.79 Å². The van der Waals surface area contributed by atoms with Gasteiger partial charge in [0.05, 0.1) is 6.04 Å². The van der Waals surface area contributed by atoms with Crippen molar-refractivity contribution in [2.45, 2.75) is 26.8 Å². The second-order valence-electron chi connectivity index (χ2n) is 4.05. The Morgan fingerprint density at radius 1 is 1.20 bits per heavy atom. The molecule has 3 N–H and O–H groups in total. The molecule has 0 aliphatic heterocycles. The molecule has 0 radical (unpaired) electrons. The van der Waals surface area contributed by atoms with Crippen LogP contribution in [0.2, 0.25) is 0 Å². The molecular formula is C12H18N2O. The van der Waals surface area contributed by atoms with Crippen LogP contribution >= 0.6 is 0 Å². The molecule has 1 atom stereocenters. The van der Waals surface area contributed by atoms with Crippen LogP contribution in [-0.4, -0.2) is 5.91 Å². The van der Waals surface area contributed by atoms with E-state index in [2.05, 4.69) is 5.32 Å². The Morgan fingerprint density at radius 2 is 1.73 bits per heavy atom. The SMILES string of the molecule is CC(C)C(=O)NC(C)c1ccc(N)cc1. The van der Waals surface area contributed by atoms with Gasteiger partial charge in [-0.05, 0) is 24.6 Å². The molecule has 1 aromatic rings. The van der Waals surface area contributed by atoms with Gasteiger partial charge in [-0.15, -0.1) is 0 Å². The summed E-state index contributed by atoms with van der Waals surface area (Å²) < 4.78 is 0. The van der Waals surface area contributed by atoms with Crippen LogP contribution in [0, 0.1) is 5.92 Å². The number of nitrogens with two attached hydrogens (primary N) is 1. The number of anilines is 1. The highest BCUT2D eigenvalue weighted by Crippen LogP contribution is 2.14. The molecule has 0 aliphatic carbocycles. The third-order valence-electron chi connectivity index (χ3n) is 2.32. The number of hydrogen-bond acceptors (Lipinski definition) is 2. The Kier molecular flexibility index (Phi) is 3.72. The van der Waals surface area contributed by atoms with E-state index in [4.69, 9.17) is 5.73 Å². The number of rotatable bonds is 3. The lowest BCUT2D eigenvalue weighted by Crippen LogP contribution is -2.30. The van der Waals surface area contributed by atoms with Crippen molar-refractivity contribution < 1.29 is 4.79 Å². The highest BCUT2D eigenvalue weighted by atomic mass is 16.1. The van der Waals surface area contributed by atoms with E-state index in [0.717, 1.165) is 11.3 Å². The molecule has 0 saturated carbocycles. The van der Waals surface area contributed by atoms with Crippen molar-refractivity contribution in [3.8, 4) is 0 Å². The molecule has 3 nitrogen and oxygen atoms in total. The van der Waals surface area contributed by atoms with Crippen molar-refractivity contribution >= 4 is 11.6 Å². The van der Waals surface area contributed by atoms with Gasteiger partial charge in [0.2, 0.25) is 5.91 Å². The summed E-state index contributed by atoms with van der Waals surface area (Å²) in [6, 6.07) is 7.57. The predicted molar refractivity (Wildman–Crippen MR) is 62.3 cm³/mol. The zero-order chi connectivity index (χ0) is 11.4. The average molecular weight is 206 g/mol. The monoisotopic (exact) mass is 206 g/mol. The first-order valence-corrected chi connectivity index (χ1v) is 5.16. The van der Waals surface area contributed by atoms with Crippen LogP contribution in [-0.2, 0) is 4.79 Å². The van der Waals surface area contributed by atoms with E-state index >= 15 is 0 Å². The zero-order valence-corrected chi connectivity index (χ0v) is 9.45. The molecule has 0 heterocycles. The van der Waals surface area contributed by atoms with E-state index in [1.165, 1.54) is 0 Å². The van der Waals surface area contributed by atoms with Gasteiger partial charge in [-0.25, -0.2) is 0 Å². The van der Waals surface area contributed by atoms with Gasteiger partial charge in [0, 0.05) is 11.6 Å². The lowest BCUT2D eigenvalue weighted by molar-refractivity contribution is -0.124. The summed E-state index contributed by atoms with van der Waals surface area (Å²) >= 11 is 0. The van der Waals surface area contributed by atoms with Gasteiger partial charge >= 0.3 is 0 Å². The Labute approximate surface area is 90.7 Å². The second-order valence-corrected chi connectivity index (χ2v) is 4.05. The van der Waals surface area contributed by atoms with Gasteiger partial charge < -0.3 is 11.1 Å². The van der Waals surface area contributed by atoms with Crippen molar-refractivity contribution in [3.63, 3.8) is 0 Å². The van der Waals surface area contributed by atoms with Crippen LogP contribution in [0.15, 0.2) is 24.3 Å². The molecule has 1 unspecified atom stereocenters. The molecule has 3 heteroatoms. The summed E-state index contributed by atoms with van der Waals surface area (Å²) in [5.74, 6) is 0.0838. The van der Waals surface area contributed by atoms with Gasteiger partial charge in [0.15, 0.2) is 0 Å². The molecule has 1 rings (SSSR count). The third-order valence-corrected chi connectivity index (χ3v) is 2.32. The molecule has 1 amide bonds. The largest absolute Gasteiger partial charge is 0.399 e. The Hall–Kier alpha value is -1.51. The van der Waals surface area contributed by atoms with E-state index < -0.39 is 0 Å². The lowest BCUT2D eigenvalue weighted by Gasteiger charge is -2.16. The quantitative estimate of drug-likeness (QED) is 0.744. The summed E-state index contributed by atoms with van der Waals surface area (Å²) in [4.78, 5) is 11.5. The maximum atomic E-state index is 11.5. The minimum atomic E-state index is 0.0150. The van der Waals surface area contributed by atoms with Crippen LogP contribution in [0.4, 0.5) is 5.69 Å². The van der Waals surface area contributed by atoms with Crippen LogP contribution in [0.5, 0.6) is 0 Å². The summed E-state index contributed by atoms with van der Waals surface area (Å²) in [6.07, 6.45) is 0. The number of carbonyl (C=O) groups is 1. The molecule has 0 aromatic heterocycles. The Bertz CT molecular complexity index is 330. The summed E-state index contributed by atoms with van der Waals surface area (Å²) in [5.41, 5.74) is 7.39. The van der Waals surface area contributed by atoms with Crippen molar-refractivity contribution in [1.82, 2.24) is 5.32 Å².